The average Bonchev–Trinajstić information content (AvgIpc) is 2.83. The number of benzene rings is 2. The van der Waals surface area contributed by atoms with E-state index in [2.05, 4.69) is 4.98 Å². The lowest BCUT2D eigenvalue weighted by Crippen LogP contribution is -1.97. The number of H-pyrrole nitrogens is 1. The van der Waals surface area contributed by atoms with Gasteiger partial charge in [0.05, 0.1) is 9.92 Å². The lowest BCUT2D eigenvalue weighted by Gasteiger charge is -2.06. The van der Waals surface area contributed by atoms with Crippen LogP contribution in [-0.2, 0) is 0 Å². The maximum Gasteiger partial charge on any atom is 0.161 e. The zero-order chi connectivity index (χ0) is 14.1. The van der Waals surface area contributed by atoms with Crippen molar-refractivity contribution in [2.75, 3.05) is 0 Å². The molecule has 0 aliphatic rings. The maximum atomic E-state index is 14.0. The van der Waals surface area contributed by atoms with E-state index in [0.717, 1.165) is 15.9 Å². The second-order valence-corrected chi connectivity index (χ2v) is 5.55. The molecule has 0 unspecified atom stereocenters. The zero-order valence-electron chi connectivity index (χ0n) is 10.8. The van der Waals surface area contributed by atoms with Gasteiger partial charge in [-0.15, -0.1) is 0 Å². The Balaban J connectivity index is 2.04. The van der Waals surface area contributed by atoms with Crippen molar-refractivity contribution in [1.29, 1.82) is 0 Å². The van der Waals surface area contributed by atoms with Crippen molar-refractivity contribution < 1.29 is 9.18 Å². The summed E-state index contributed by atoms with van der Waals surface area (Å²) in [5.74, 6) is -0.510. The Morgan fingerprint density at radius 3 is 2.70 bits per heavy atom. The lowest BCUT2D eigenvalue weighted by atomic mass is 10.1. The molecule has 4 heteroatoms. The van der Waals surface area contributed by atoms with Crippen molar-refractivity contribution in [2.24, 2.45) is 0 Å². The van der Waals surface area contributed by atoms with Crippen molar-refractivity contribution >= 4 is 28.4 Å². The number of Topliss-reactive ketones (excluding diaryl/α,β-unsaturated/α-hetero) is 1. The molecule has 1 aromatic heterocycles. The van der Waals surface area contributed by atoms with E-state index >= 15 is 0 Å². The minimum atomic E-state index is -0.374. The molecule has 2 nitrogen and oxygen atoms in total. The summed E-state index contributed by atoms with van der Waals surface area (Å²) >= 11 is 1.24. The summed E-state index contributed by atoms with van der Waals surface area (Å²) in [6.45, 7) is 1.45. The van der Waals surface area contributed by atoms with Crippen molar-refractivity contribution in [2.45, 2.75) is 16.8 Å². The Labute approximate surface area is 120 Å². The third-order valence-corrected chi connectivity index (χ3v) is 4.12. The number of halogens is 1. The van der Waals surface area contributed by atoms with Crippen LogP contribution < -0.4 is 0 Å². The van der Waals surface area contributed by atoms with Crippen LogP contribution in [0.1, 0.15) is 17.3 Å². The zero-order valence-corrected chi connectivity index (χ0v) is 11.6. The highest BCUT2D eigenvalue weighted by atomic mass is 32.2. The van der Waals surface area contributed by atoms with Crippen LogP contribution in [0.2, 0.25) is 0 Å². The standard InChI is InChI=1S/C16H12FNOS/c1-10(19)12-6-4-7-13(17)16(12)20-15-9-11-5-2-3-8-14(11)18-15/h2-9,18H,1H3. The van der Waals surface area contributed by atoms with Crippen LogP contribution in [0.5, 0.6) is 0 Å². The Hall–Kier alpha value is -2.07. The van der Waals surface area contributed by atoms with Gasteiger partial charge in [-0.1, -0.05) is 42.1 Å². The SMILES string of the molecule is CC(=O)c1cccc(F)c1Sc1cc2ccccc2[nH]1. The van der Waals surface area contributed by atoms with Crippen molar-refractivity contribution in [3.8, 4) is 0 Å². The number of rotatable bonds is 3. The van der Waals surface area contributed by atoms with E-state index in [1.807, 2.05) is 30.3 Å². The van der Waals surface area contributed by atoms with E-state index in [4.69, 9.17) is 0 Å². The minimum absolute atomic E-state index is 0.136. The normalized spacial score (nSPS) is 10.9. The molecule has 0 aliphatic carbocycles. The molecule has 100 valence electrons. The van der Waals surface area contributed by atoms with E-state index in [1.54, 1.807) is 12.1 Å². The molecule has 0 amide bonds. The predicted molar refractivity (Wildman–Crippen MR) is 78.8 cm³/mol. The summed E-state index contributed by atoms with van der Waals surface area (Å²) in [5, 5.41) is 1.88. The van der Waals surface area contributed by atoms with Crippen molar-refractivity contribution in [1.82, 2.24) is 4.98 Å². The summed E-state index contributed by atoms with van der Waals surface area (Å²) in [6, 6.07) is 14.4. The molecular weight excluding hydrogens is 273 g/mol. The quantitative estimate of drug-likeness (QED) is 0.710. The smallest absolute Gasteiger partial charge is 0.161 e. The molecule has 0 saturated heterocycles. The van der Waals surface area contributed by atoms with Crippen LogP contribution in [0, 0.1) is 5.82 Å². The predicted octanol–water partition coefficient (Wildman–Crippen LogP) is 4.66. The average molecular weight is 285 g/mol. The van der Waals surface area contributed by atoms with E-state index < -0.39 is 0 Å². The highest BCUT2D eigenvalue weighted by molar-refractivity contribution is 7.99. The van der Waals surface area contributed by atoms with Crippen LogP contribution in [-0.4, -0.2) is 10.8 Å². The van der Waals surface area contributed by atoms with Crippen molar-refractivity contribution in [3.05, 3.63) is 59.9 Å². The van der Waals surface area contributed by atoms with Gasteiger partial charge in [-0.25, -0.2) is 4.39 Å². The van der Waals surface area contributed by atoms with E-state index in [0.29, 0.717) is 10.5 Å². The molecule has 0 fully saturated rings. The number of hydrogen-bond donors (Lipinski definition) is 1. The topological polar surface area (TPSA) is 32.9 Å². The first-order chi connectivity index (χ1) is 9.65. The number of nitrogens with one attached hydrogen (secondary N) is 1. The highest BCUT2D eigenvalue weighted by Gasteiger charge is 2.14. The second kappa shape index (κ2) is 5.13. The molecule has 3 rings (SSSR count). The van der Waals surface area contributed by atoms with Crippen LogP contribution in [0.25, 0.3) is 10.9 Å². The van der Waals surface area contributed by atoms with Gasteiger partial charge in [-0.2, -0.15) is 0 Å². The Morgan fingerprint density at radius 2 is 1.95 bits per heavy atom. The fraction of sp³-hybridized carbons (Fsp3) is 0.0625. The molecular formula is C16H12FNOS. The summed E-state index contributed by atoms with van der Waals surface area (Å²) < 4.78 is 14.0. The minimum Gasteiger partial charge on any atom is -0.349 e. The van der Waals surface area contributed by atoms with E-state index in [-0.39, 0.29) is 11.6 Å². The van der Waals surface area contributed by atoms with Gasteiger partial charge in [0.25, 0.3) is 0 Å². The van der Waals surface area contributed by atoms with Gasteiger partial charge < -0.3 is 4.98 Å². The molecule has 3 aromatic rings. The first kappa shape index (κ1) is 12.9. The molecule has 0 bridgehead atoms. The number of fused-ring (bicyclic) bond motifs is 1. The highest BCUT2D eigenvalue weighted by Crippen LogP contribution is 2.34. The van der Waals surface area contributed by atoms with Crippen molar-refractivity contribution in [3.63, 3.8) is 0 Å². The summed E-state index contributed by atoms with van der Waals surface area (Å²) in [7, 11) is 0. The number of para-hydroxylation sites is 1. The Bertz CT molecular complexity index is 761. The fourth-order valence-electron chi connectivity index (χ4n) is 2.10. The summed E-state index contributed by atoms with van der Waals surface area (Å²) in [4.78, 5) is 15.2. The van der Waals surface area contributed by atoms with Gasteiger partial charge in [-0.3, -0.25) is 4.79 Å². The third-order valence-electron chi connectivity index (χ3n) is 3.06. The second-order valence-electron chi connectivity index (χ2n) is 4.50. The van der Waals surface area contributed by atoms with Gasteiger partial charge in [0.2, 0.25) is 0 Å². The Morgan fingerprint density at radius 1 is 1.15 bits per heavy atom. The van der Waals surface area contributed by atoms with Crippen LogP contribution >= 0.6 is 11.8 Å². The first-order valence-electron chi connectivity index (χ1n) is 6.20. The molecule has 0 atom stereocenters. The van der Waals surface area contributed by atoms with Gasteiger partial charge in [0, 0.05) is 16.5 Å². The molecule has 0 saturated carbocycles. The third kappa shape index (κ3) is 2.34. The summed E-state index contributed by atoms with van der Waals surface area (Å²) in [5.41, 5.74) is 1.41. The number of aromatic amines is 1. The molecule has 1 N–H and O–H groups in total. The Kier molecular flexibility index (Phi) is 3.32. The molecule has 2 aromatic carbocycles. The number of carbonyl (C=O) groups excluding carboxylic acids is 1. The molecule has 20 heavy (non-hydrogen) atoms. The fourth-order valence-corrected chi connectivity index (χ4v) is 3.16. The molecule has 0 spiro atoms. The molecule has 0 aliphatic heterocycles. The van der Waals surface area contributed by atoms with Crippen LogP contribution in [0.3, 0.4) is 0 Å². The number of aromatic nitrogens is 1. The summed E-state index contributed by atoms with van der Waals surface area (Å²) in [6.07, 6.45) is 0. The van der Waals surface area contributed by atoms with Gasteiger partial charge in [0.1, 0.15) is 5.82 Å². The van der Waals surface area contributed by atoms with E-state index in [1.165, 1.54) is 24.8 Å². The molecule has 0 radical (unpaired) electrons. The maximum absolute atomic E-state index is 14.0. The first-order valence-corrected chi connectivity index (χ1v) is 7.02. The van der Waals surface area contributed by atoms with Gasteiger partial charge >= 0.3 is 0 Å². The lowest BCUT2D eigenvalue weighted by molar-refractivity contribution is 0.101. The molecule has 1 heterocycles. The number of ketones is 1. The largest absolute Gasteiger partial charge is 0.349 e. The number of carbonyl (C=O) groups is 1. The monoisotopic (exact) mass is 285 g/mol. The van der Waals surface area contributed by atoms with Gasteiger partial charge in [-0.05, 0) is 25.1 Å². The van der Waals surface area contributed by atoms with Crippen LogP contribution in [0.15, 0.2) is 58.5 Å². The number of hydrogen-bond acceptors (Lipinski definition) is 2. The van der Waals surface area contributed by atoms with Gasteiger partial charge in [0.15, 0.2) is 5.78 Å². The van der Waals surface area contributed by atoms with Crippen LogP contribution in [0.4, 0.5) is 4.39 Å². The van der Waals surface area contributed by atoms with E-state index in [9.17, 15) is 9.18 Å².